The Balaban J connectivity index is 1.07. The van der Waals surface area contributed by atoms with E-state index >= 15 is 0 Å². The van der Waals surface area contributed by atoms with Gasteiger partial charge in [0.15, 0.2) is 0 Å². The average Bonchev–Trinajstić information content (AvgIpc) is 3.93. The van der Waals surface area contributed by atoms with Crippen molar-refractivity contribution in [3.05, 3.63) is 216 Å². The van der Waals surface area contributed by atoms with Gasteiger partial charge in [-0.1, -0.05) is 90.6 Å². The zero-order valence-corrected chi connectivity index (χ0v) is 32.9. The molecule has 13 rings (SSSR count). The summed E-state index contributed by atoms with van der Waals surface area (Å²) in [6.45, 7) is 0. The first-order chi connectivity index (χ1) is 29.7. The van der Waals surface area contributed by atoms with Crippen molar-refractivity contribution in [2.45, 2.75) is 15.2 Å². The van der Waals surface area contributed by atoms with Gasteiger partial charge in [0.25, 0.3) is 0 Å². The van der Waals surface area contributed by atoms with E-state index in [1.165, 1.54) is 48.3 Å². The van der Waals surface area contributed by atoms with E-state index in [0.717, 1.165) is 61.3 Å². The summed E-state index contributed by atoms with van der Waals surface area (Å²) in [5.41, 5.74) is 15.6. The molecule has 7 aromatic carbocycles. The van der Waals surface area contributed by atoms with Gasteiger partial charge in [0.1, 0.15) is 0 Å². The molecule has 1 aliphatic heterocycles. The molecule has 278 valence electrons. The molecule has 0 unspecified atom stereocenters. The van der Waals surface area contributed by atoms with Gasteiger partial charge in [0.2, 0.25) is 0 Å². The number of nitriles is 1. The highest BCUT2D eigenvalue weighted by molar-refractivity contribution is 7.99. The first-order valence-electron chi connectivity index (χ1n) is 20.1. The van der Waals surface area contributed by atoms with Gasteiger partial charge in [-0.15, -0.1) is 0 Å². The lowest BCUT2D eigenvalue weighted by Crippen LogP contribution is -2.32. The molecule has 0 bridgehead atoms. The molecule has 11 aromatic rings. The maximum atomic E-state index is 9.84. The molecule has 6 heteroatoms. The number of hydrogen-bond donors (Lipinski definition) is 0. The van der Waals surface area contributed by atoms with Gasteiger partial charge in [0.05, 0.1) is 50.5 Å². The highest BCUT2D eigenvalue weighted by Crippen LogP contribution is 2.62. The van der Waals surface area contributed by atoms with Crippen LogP contribution in [0.4, 0.5) is 0 Å². The quantitative estimate of drug-likeness (QED) is 0.179. The van der Waals surface area contributed by atoms with Crippen LogP contribution in [0.3, 0.4) is 0 Å². The van der Waals surface area contributed by atoms with Crippen LogP contribution in [0.2, 0.25) is 0 Å². The molecule has 0 fully saturated rings. The third-order valence-corrected chi connectivity index (χ3v) is 13.9. The molecule has 0 saturated heterocycles. The Bertz CT molecular complexity index is 3620. The fraction of sp³-hybridized carbons (Fsp3) is 0.0185. The van der Waals surface area contributed by atoms with Crippen LogP contribution in [0.5, 0.6) is 0 Å². The van der Waals surface area contributed by atoms with Crippen LogP contribution in [0.15, 0.2) is 198 Å². The van der Waals surface area contributed by atoms with Gasteiger partial charge in [-0.2, -0.15) is 5.26 Å². The number of fused-ring (bicyclic) bond motifs is 15. The summed E-state index contributed by atoms with van der Waals surface area (Å²) in [5.74, 6) is 0. The van der Waals surface area contributed by atoms with E-state index in [1.807, 2.05) is 36.3 Å². The highest BCUT2D eigenvalue weighted by atomic mass is 32.2. The van der Waals surface area contributed by atoms with Crippen molar-refractivity contribution >= 4 is 55.4 Å². The lowest BCUT2D eigenvalue weighted by atomic mass is 9.67. The average molecular weight is 782 g/mol. The SMILES string of the molecule is N#Cc1ccc2c(c1)c1ccccc1n2-c1ccc2c(c1)C1(c3cc(-c4ccc5c(c4)c4ccccc4n5-c4ccccc4)ccc3S2)c2cccnc2-c2ncccc21. The predicted octanol–water partition coefficient (Wildman–Crippen LogP) is 13.0. The normalized spacial score (nSPS) is 13.4. The first kappa shape index (κ1) is 33.3. The van der Waals surface area contributed by atoms with Crippen molar-refractivity contribution in [1.82, 2.24) is 19.1 Å². The number of pyridine rings is 2. The van der Waals surface area contributed by atoms with E-state index in [4.69, 9.17) is 9.97 Å². The largest absolute Gasteiger partial charge is 0.309 e. The minimum Gasteiger partial charge on any atom is -0.309 e. The van der Waals surface area contributed by atoms with E-state index in [-0.39, 0.29) is 0 Å². The van der Waals surface area contributed by atoms with Crippen LogP contribution < -0.4 is 0 Å². The second-order valence-corrected chi connectivity index (χ2v) is 16.7. The summed E-state index contributed by atoms with van der Waals surface area (Å²) in [6, 6.07) is 65.7. The van der Waals surface area contributed by atoms with Crippen LogP contribution in [-0.2, 0) is 5.41 Å². The number of para-hydroxylation sites is 3. The molecule has 0 saturated carbocycles. The molecular formula is C54H31N5S. The van der Waals surface area contributed by atoms with Crippen molar-refractivity contribution < 1.29 is 0 Å². The molecule has 5 nitrogen and oxygen atoms in total. The number of hydrogen-bond acceptors (Lipinski definition) is 4. The zero-order valence-electron chi connectivity index (χ0n) is 32.0. The molecule has 1 aliphatic carbocycles. The van der Waals surface area contributed by atoms with E-state index < -0.39 is 5.41 Å². The number of nitrogens with zero attached hydrogens (tertiary/aromatic N) is 5. The van der Waals surface area contributed by atoms with Crippen LogP contribution in [0.25, 0.3) is 77.5 Å². The molecule has 0 amide bonds. The van der Waals surface area contributed by atoms with Crippen LogP contribution in [0, 0.1) is 11.3 Å². The van der Waals surface area contributed by atoms with Crippen molar-refractivity contribution in [2.75, 3.05) is 0 Å². The van der Waals surface area contributed by atoms with Gasteiger partial charge in [-0.3, -0.25) is 9.97 Å². The fourth-order valence-electron chi connectivity index (χ4n) is 10.2. The van der Waals surface area contributed by atoms with Crippen LogP contribution in [0.1, 0.15) is 27.8 Å². The number of benzene rings is 7. The zero-order chi connectivity index (χ0) is 39.5. The second kappa shape index (κ2) is 12.4. The maximum absolute atomic E-state index is 9.84. The summed E-state index contributed by atoms with van der Waals surface area (Å²) in [7, 11) is 0. The standard InChI is InChI=1S/C54H31N5S/c55-32-33-18-22-48-40(28-33)38-12-4-7-17-47(38)59(48)37-21-25-51-45(31-37)54(42-14-8-26-56-52(42)53-43(54)15-9-27-57-53)44-30-35(20-24-50(44)60-51)34-19-23-49-41(29-34)39-13-5-6-16-46(39)58(49)36-10-2-1-3-11-36/h1-31H. The molecular weight excluding hydrogens is 751 g/mol. The van der Waals surface area contributed by atoms with Crippen LogP contribution >= 0.6 is 11.8 Å². The first-order valence-corrected chi connectivity index (χ1v) is 20.9. The van der Waals surface area contributed by atoms with Crippen molar-refractivity contribution in [1.29, 1.82) is 5.26 Å². The summed E-state index contributed by atoms with van der Waals surface area (Å²) < 4.78 is 4.72. The summed E-state index contributed by atoms with van der Waals surface area (Å²) in [4.78, 5) is 12.5. The minimum absolute atomic E-state index is 0.652. The fourth-order valence-corrected chi connectivity index (χ4v) is 11.4. The third-order valence-electron chi connectivity index (χ3n) is 12.7. The highest BCUT2D eigenvalue weighted by Gasteiger charge is 2.51. The third kappa shape index (κ3) is 4.42. The van der Waals surface area contributed by atoms with E-state index in [9.17, 15) is 5.26 Å². The molecule has 5 heterocycles. The van der Waals surface area contributed by atoms with Crippen molar-refractivity contribution in [3.8, 4) is 40.0 Å². The Kier molecular flexibility index (Phi) is 6.87. The van der Waals surface area contributed by atoms with E-state index in [1.54, 1.807) is 0 Å². The molecule has 0 atom stereocenters. The minimum atomic E-state index is -0.685. The summed E-state index contributed by atoms with van der Waals surface area (Å²) in [5, 5.41) is 14.5. The van der Waals surface area contributed by atoms with Crippen molar-refractivity contribution in [2.24, 2.45) is 0 Å². The monoisotopic (exact) mass is 781 g/mol. The second-order valence-electron chi connectivity index (χ2n) is 15.7. The number of rotatable bonds is 3. The molecule has 0 radical (unpaired) electrons. The molecule has 0 N–H and O–H groups in total. The summed E-state index contributed by atoms with van der Waals surface area (Å²) >= 11 is 1.83. The van der Waals surface area contributed by atoms with Gasteiger partial charge in [0, 0.05) is 55.1 Å². The van der Waals surface area contributed by atoms with Gasteiger partial charge in [-0.25, -0.2) is 0 Å². The molecule has 1 spiro atoms. The Morgan fingerprint density at radius 2 is 0.983 bits per heavy atom. The van der Waals surface area contributed by atoms with Gasteiger partial charge >= 0.3 is 0 Å². The Morgan fingerprint density at radius 3 is 1.68 bits per heavy atom. The molecule has 4 aromatic heterocycles. The van der Waals surface area contributed by atoms with E-state index in [2.05, 4.69) is 179 Å². The number of aromatic nitrogens is 4. The van der Waals surface area contributed by atoms with Crippen molar-refractivity contribution in [3.63, 3.8) is 0 Å². The maximum Gasteiger partial charge on any atom is 0.0991 e. The van der Waals surface area contributed by atoms with E-state index in [0.29, 0.717) is 5.56 Å². The topological polar surface area (TPSA) is 59.4 Å². The predicted molar refractivity (Wildman–Crippen MR) is 242 cm³/mol. The Hall–Kier alpha value is -7.72. The smallest absolute Gasteiger partial charge is 0.0991 e. The Morgan fingerprint density at radius 1 is 0.433 bits per heavy atom. The lowest BCUT2D eigenvalue weighted by Gasteiger charge is -2.39. The lowest BCUT2D eigenvalue weighted by molar-refractivity contribution is 0.718. The Labute approximate surface area is 349 Å². The van der Waals surface area contributed by atoms with Gasteiger partial charge < -0.3 is 9.13 Å². The molecule has 2 aliphatic rings. The van der Waals surface area contributed by atoms with Gasteiger partial charge in [-0.05, 0) is 130 Å². The van der Waals surface area contributed by atoms with Crippen LogP contribution in [-0.4, -0.2) is 19.1 Å². The molecule has 60 heavy (non-hydrogen) atoms. The summed E-state index contributed by atoms with van der Waals surface area (Å²) in [6.07, 6.45) is 3.77.